The number of nitrogens with zero attached hydrogens (tertiary/aromatic N) is 1. The van der Waals surface area contributed by atoms with Crippen LogP contribution in [0.25, 0.3) is 0 Å². The van der Waals surface area contributed by atoms with Gasteiger partial charge in [-0.3, -0.25) is 4.90 Å². The van der Waals surface area contributed by atoms with Crippen LogP contribution in [0.5, 0.6) is 0 Å². The summed E-state index contributed by atoms with van der Waals surface area (Å²) in [7, 11) is 0. The summed E-state index contributed by atoms with van der Waals surface area (Å²) in [5.74, 6) is 1.37. The van der Waals surface area contributed by atoms with Gasteiger partial charge in [0.25, 0.3) is 0 Å². The van der Waals surface area contributed by atoms with Crippen molar-refractivity contribution >= 4 is 0 Å². The van der Waals surface area contributed by atoms with Crippen LogP contribution in [-0.2, 0) is 5.54 Å². The fraction of sp³-hybridized carbons (Fsp3) is 0.647. The minimum Gasteiger partial charge on any atom is -0.394 e. The van der Waals surface area contributed by atoms with E-state index in [0.29, 0.717) is 24.4 Å². The van der Waals surface area contributed by atoms with Gasteiger partial charge in [-0.2, -0.15) is 0 Å². The first-order valence-corrected chi connectivity index (χ1v) is 7.65. The second kappa shape index (κ2) is 6.25. The lowest BCUT2D eigenvalue weighted by Crippen LogP contribution is -2.56. The normalized spacial score (nSPS) is 30.9. The van der Waals surface area contributed by atoms with E-state index in [1.54, 1.807) is 0 Å². The van der Waals surface area contributed by atoms with E-state index in [1.807, 2.05) is 30.3 Å². The van der Waals surface area contributed by atoms with Crippen molar-refractivity contribution in [1.82, 2.24) is 4.90 Å². The van der Waals surface area contributed by atoms with Gasteiger partial charge in [-0.25, -0.2) is 0 Å². The SMILES string of the molecule is CC1CC(C)C(C)N(CC(N)(CO)c2ccccc2)C1. The van der Waals surface area contributed by atoms with Gasteiger partial charge in [0.15, 0.2) is 0 Å². The summed E-state index contributed by atoms with van der Waals surface area (Å²) in [6, 6.07) is 10.5. The van der Waals surface area contributed by atoms with Crippen molar-refractivity contribution in [3.05, 3.63) is 35.9 Å². The van der Waals surface area contributed by atoms with Gasteiger partial charge in [-0.15, -0.1) is 0 Å². The summed E-state index contributed by atoms with van der Waals surface area (Å²) >= 11 is 0. The molecule has 20 heavy (non-hydrogen) atoms. The number of aliphatic hydroxyl groups excluding tert-OH is 1. The average Bonchev–Trinajstić information content (AvgIpc) is 2.45. The Kier molecular flexibility index (Phi) is 4.84. The zero-order valence-corrected chi connectivity index (χ0v) is 12.9. The molecule has 0 spiro atoms. The lowest BCUT2D eigenvalue weighted by molar-refractivity contribution is 0.0422. The highest BCUT2D eigenvalue weighted by atomic mass is 16.3. The van der Waals surface area contributed by atoms with Gasteiger partial charge in [0, 0.05) is 19.1 Å². The average molecular weight is 276 g/mol. The zero-order valence-electron chi connectivity index (χ0n) is 12.9. The van der Waals surface area contributed by atoms with Crippen molar-refractivity contribution in [3.8, 4) is 0 Å². The van der Waals surface area contributed by atoms with Crippen LogP contribution in [0.3, 0.4) is 0 Å². The fourth-order valence-electron chi connectivity index (χ4n) is 3.41. The maximum Gasteiger partial charge on any atom is 0.0773 e. The van der Waals surface area contributed by atoms with E-state index in [4.69, 9.17) is 5.73 Å². The summed E-state index contributed by atoms with van der Waals surface area (Å²) in [4.78, 5) is 2.45. The molecule has 1 aromatic rings. The smallest absolute Gasteiger partial charge is 0.0773 e. The molecule has 2 rings (SSSR count). The third-order valence-electron chi connectivity index (χ3n) is 4.84. The van der Waals surface area contributed by atoms with E-state index in [0.717, 1.165) is 12.1 Å². The van der Waals surface area contributed by atoms with Crippen molar-refractivity contribution in [2.75, 3.05) is 19.7 Å². The zero-order chi connectivity index (χ0) is 14.8. The minimum absolute atomic E-state index is 0.0248. The number of rotatable bonds is 4. The van der Waals surface area contributed by atoms with Crippen LogP contribution in [0.4, 0.5) is 0 Å². The van der Waals surface area contributed by atoms with E-state index in [-0.39, 0.29) is 6.61 Å². The van der Waals surface area contributed by atoms with Gasteiger partial charge >= 0.3 is 0 Å². The molecule has 3 heteroatoms. The molecule has 0 saturated carbocycles. The van der Waals surface area contributed by atoms with E-state index in [9.17, 15) is 5.11 Å². The third-order valence-corrected chi connectivity index (χ3v) is 4.84. The lowest BCUT2D eigenvalue weighted by Gasteiger charge is -2.45. The molecule has 0 aliphatic carbocycles. The van der Waals surface area contributed by atoms with Crippen molar-refractivity contribution in [2.24, 2.45) is 17.6 Å². The Bertz CT molecular complexity index is 422. The molecule has 112 valence electrons. The maximum absolute atomic E-state index is 9.84. The molecule has 4 atom stereocenters. The number of nitrogens with two attached hydrogens (primary N) is 1. The van der Waals surface area contributed by atoms with Crippen LogP contribution in [0.2, 0.25) is 0 Å². The Morgan fingerprint density at radius 2 is 1.90 bits per heavy atom. The van der Waals surface area contributed by atoms with E-state index >= 15 is 0 Å². The highest BCUT2D eigenvalue weighted by Crippen LogP contribution is 2.29. The number of aliphatic hydroxyl groups is 1. The Balaban J connectivity index is 2.17. The predicted molar refractivity (Wildman–Crippen MR) is 83.4 cm³/mol. The largest absolute Gasteiger partial charge is 0.394 e. The van der Waals surface area contributed by atoms with Gasteiger partial charge in [-0.05, 0) is 30.7 Å². The molecule has 3 nitrogen and oxygen atoms in total. The van der Waals surface area contributed by atoms with Crippen LogP contribution >= 0.6 is 0 Å². The number of benzene rings is 1. The summed E-state index contributed by atoms with van der Waals surface area (Å²) < 4.78 is 0. The monoisotopic (exact) mass is 276 g/mol. The van der Waals surface area contributed by atoms with Gasteiger partial charge < -0.3 is 10.8 Å². The van der Waals surface area contributed by atoms with Crippen molar-refractivity contribution in [3.63, 3.8) is 0 Å². The topological polar surface area (TPSA) is 49.5 Å². The second-order valence-electron chi connectivity index (χ2n) is 6.67. The molecular formula is C17H28N2O. The molecular weight excluding hydrogens is 248 g/mol. The molecule has 1 heterocycles. The van der Waals surface area contributed by atoms with Crippen LogP contribution in [0.1, 0.15) is 32.8 Å². The Morgan fingerprint density at radius 1 is 1.25 bits per heavy atom. The summed E-state index contributed by atoms with van der Waals surface area (Å²) in [6.07, 6.45) is 1.28. The minimum atomic E-state index is -0.674. The number of hydrogen-bond acceptors (Lipinski definition) is 3. The van der Waals surface area contributed by atoms with Crippen molar-refractivity contribution in [1.29, 1.82) is 0 Å². The standard InChI is InChI=1S/C17H28N2O/c1-13-9-14(2)15(3)19(10-13)11-17(18,12-20)16-7-5-4-6-8-16/h4-8,13-15,20H,9-12,18H2,1-3H3. The molecule has 1 aromatic carbocycles. The first-order chi connectivity index (χ1) is 9.46. The number of likely N-dealkylation sites (tertiary alicyclic amines) is 1. The second-order valence-corrected chi connectivity index (χ2v) is 6.67. The van der Waals surface area contributed by atoms with E-state index < -0.39 is 5.54 Å². The van der Waals surface area contributed by atoms with Crippen molar-refractivity contribution in [2.45, 2.75) is 38.8 Å². The Morgan fingerprint density at radius 3 is 2.50 bits per heavy atom. The third kappa shape index (κ3) is 3.22. The summed E-state index contributed by atoms with van der Waals surface area (Å²) in [6.45, 7) is 8.64. The molecule has 1 aliphatic heterocycles. The molecule has 0 aromatic heterocycles. The lowest BCUT2D eigenvalue weighted by atomic mass is 9.83. The summed E-state index contributed by atoms with van der Waals surface area (Å²) in [5, 5.41) is 9.84. The number of piperidine rings is 1. The molecule has 4 unspecified atom stereocenters. The van der Waals surface area contributed by atoms with Gasteiger partial charge in [-0.1, -0.05) is 44.2 Å². The highest BCUT2D eigenvalue weighted by Gasteiger charge is 2.35. The molecule has 1 saturated heterocycles. The highest BCUT2D eigenvalue weighted by molar-refractivity contribution is 5.24. The molecule has 1 aliphatic rings. The van der Waals surface area contributed by atoms with E-state index in [2.05, 4.69) is 25.7 Å². The molecule has 0 radical (unpaired) electrons. The maximum atomic E-state index is 9.84. The van der Waals surface area contributed by atoms with Crippen LogP contribution < -0.4 is 5.73 Å². The Labute approximate surface area is 122 Å². The molecule has 1 fully saturated rings. The summed E-state index contributed by atoms with van der Waals surface area (Å²) in [5.41, 5.74) is 6.85. The Hall–Kier alpha value is -0.900. The number of hydrogen-bond donors (Lipinski definition) is 2. The van der Waals surface area contributed by atoms with Crippen LogP contribution in [0, 0.1) is 11.8 Å². The van der Waals surface area contributed by atoms with Crippen LogP contribution in [-0.4, -0.2) is 35.7 Å². The quantitative estimate of drug-likeness (QED) is 0.886. The molecule has 3 N–H and O–H groups in total. The first kappa shape index (κ1) is 15.5. The first-order valence-electron chi connectivity index (χ1n) is 7.65. The van der Waals surface area contributed by atoms with Gasteiger partial charge in [0.2, 0.25) is 0 Å². The molecule has 0 bridgehead atoms. The fourth-order valence-corrected chi connectivity index (χ4v) is 3.41. The molecule has 0 amide bonds. The van der Waals surface area contributed by atoms with Gasteiger partial charge in [0.05, 0.1) is 12.1 Å². The predicted octanol–water partition coefficient (Wildman–Crippen LogP) is 2.20. The van der Waals surface area contributed by atoms with Crippen LogP contribution in [0.15, 0.2) is 30.3 Å². The van der Waals surface area contributed by atoms with Crippen molar-refractivity contribution < 1.29 is 5.11 Å². The van der Waals surface area contributed by atoms with E-state index in [1.165, 1.54) is 6.42 Å². The van der Waals surface area contributed by atoms with Gasteiger partial charge in [0.1, 0.15) is 0 Å².